The van der Waals surface area contributed by atoms with Crippen molar-refractivity contribution in [2.75, 3.05) is 23.9 Å². The molecular weight excluding hydrogens is 390 g/mol. The fourth-order valence-corrected chi connectivity index (χ4v) is 2.70. The van der Waals surface area contributed by atoms with Gasteiger partial charge in [0, 0.05) is 24.6 Å². The van der Waals surface area contributed by atoms with Gasteiger partial charge in [-0.05, 0) is 30.3 Å². The number of imide groups is 2. The summed E-state index contributed by atoms with van der Waals surface area (Å²) in [6.07, 6.45) is 1.32. The topological polar surface area (TPSA) is 82.9 Å². The Labute approximate surface area is 152 Å². The van der Waals surface area contributed by atoms with Crippen LogP contribution >= 0.6 is 15.9 Å². The molecule has 0 unspecified atom stereocenters. The van der Waals surface area contributed by atoms with E-state index in [2.05, 4.69) is 21.2 Å². The van der Waals surface area contributed by atoms with E-state index < -0.39 is 17.8 Å². The summed E-state index contributed by atoms with van der Waals surface area (Å²) in [6, 6.07) is 9.24. The Hall–Kier alpha value is -2.87. The number of halogens is 1. The molecule has 0 saturated carbocycles. The van der Waals surface area contributed by atoms with Gasteiger partial charge in [-0.3, -0.25) is 14.9 Å². The predicted octanol–water partition coefficient (Wildman–Crippen LogP) is 2.77. The number of carbonyl (C=O) groups is 3. The molecule has 1 fully saturated rings. The Bertz CT molecular complexity index is 901. The molecule has 1 aromatic carbocycles. The fraction of sp³-hybridized carbons (Fsp3) is 0.118. The van der Waals surface area contributed by atoms with E-state index in [9.17, 15) is 14.4 Å². The molecule has 2 heterocycles. The third-order valence-corrected chi connectivity index (χ3v) is 4.00. The van der Waals surface area contributed by atoms with Crippen molar-refractivity contribution in [3.05, 3.63) is 52.2 Å². The Balaban J connectivity index is 1.99. The number of rotatable bonds is 3. The highest BCUT2D eigenvalue weighted by Gasteiger charge is 2.37. The molecule has 0 aliphatic carbocycles. The van der Waals surface area contributed by atoms with Gasteiger partial charge in [0.05, 0.1) is 5.69 Å². The summed E-state index contributed by atoms with van der Waals surface area (Å²) >= 11 is 3.29. The van der Waals surface area contributed by atoms with Crippen molar-refractivity contribution in [3.63, 3.8) is 0 Å². The maximum atomic E-state index is 12.7. The first-order valence-electron chi connectivity index (χ1n) is 7.31. The van der Waals surface area contributed by atoms with Gasteiger partial charge in [0.2, 0.25) is 0 Å². The maximum absolute atomic E-state index is 12.7. The number of carbonyl (C=O) groups excluding carboxylic acids is 3. The van der Waals surface area contributed by atoms with E-state index in [0.717, 1.165) is 4.90 Å². The van der Waals surface area contributed by atoms with Gasteiger partial charge in [-0.1, -0.05) is 22.0 Å². The van der Waals surface area contributed by atoms with Crippen LogP contribution in [0.1, 0.15) is 5.76 Å². The zero-order chi connectivity index (χ0) is 18.1. The van der Waals surface area contributed by atoms with Crippen molar-refractivity contribution in [1.82, 2.24) is 5.32 Å². The normalized spacial score (nSPS) is 16.4. The van der Waals surface area contributed by atoms with Crippen LogP contribution < -0.4 is 15.1 Å². The van der Waals surface area contributed by atoms with Crippen LogP contribution in [-0.4, -0.2) is 31.9 Å². The molecule has 0 atom stereocenters. The van der Waals surface area contributed by atoms with Crippen LogP contribution in [-0.2, 0) is 9.59 Å². The lowest BCUT2D eigenvalue weighted by Crippen LogP contribution is -2.54. The minimum absolute atomic E-state index is 0.181. The second-order valence-corrected chi connectivity index (χ2v) is 6.42. The minimum Gasteiger partial charge on any atom is -0.441 e. The second kappa shape index (κ2) is 6.56. The SMILES string of the molecule is CN(C)c1ccc(/C=C2/C(=O)NC(=O)N(c3cccc(Br)c3)C2=O)o1. The van der Waals surface area contributed by atoms with E-state index in [1.165, 1.54) is 6.08 Å². The number of benzene rings is 1. The first kappa shape index (κ1) is 17.0. The van der Waals surface area contributed by atoms with Crippen molar-refractivity contribution in [3.8, 4) is 0 Å². The lowest BCUT2D eigenvalue weighted by atomic mass is 10.1. The van der Waals surface area contributed by atoms with Gasteiger partial charge in [0.1, 0.15) is 11.3 Å². The summed E-state index contributed by atoms with van der Waals surface area (Å²) in [7, 11) is 3.61. The monoisotopic (exact) mass is 403 g/mol. The highest BCUT2D eigenvalue weighted by Crippen LogP contribution is 2.25. The zero-order valence-corrected chi connectivity index (χ0v) is 15.0. The van der Waals surface area contributed by atoms with Crippen LogP contribution in [0.15, 0.2) is 50.9 Å². The van der Waals surface area contributed by atoms with Crippen molar-refractivity contribution < 1.29 is 18.8 Å². The molecule has 4 amide bonds. The molecule has 25 heavy (non-hydrogen) atoms. The maximum Gasteiger partial charge on any atom is 0.335 e. The van der Waals surface area contributed by atoms with E-state index in [1.54, 1.807) is 41.3 Å². The standard InChI is InChI=1S/C17H14BrN3O4/c1-20(2)14-7-6-12(25-14)9-13-15(22)19-17(24)21(16(13)23)11-5-3-4-10(18)8-11/h3-9H,1-2H3,(H,19,22,24)/b13-9-. The van der Waals surface area contributed by atoms with E-state index >= 15 is 0 Å². The molecule has 128 valence electrons. The molecular formula is C17H14BrN3O4. The molecule has 1 aromatic heterocycles. The van der Waals surface area contributed by atoms with Crippen LogP contribution in [0.25, 0.3) is 6.08 Å². The van der Waals surface area contributed by atoms with E-state index in [4.69, 9.17) is 4.42 Å². The van der Waals surface area contributed by atoms with Crippen LogP contribution in [0.4, 0.5) is 16.4 Å². The van der Waals surface area contributed by atoms with E-state index in [-0.39, 0.29) is 5.57 Å². The number of amides is 4. The molecule has 1 aliphatic rings. The predicted molar refractivity (Wildman–Crippen MR) is 96.2 cm³/mol. The number of barbiturate groups is 1. The third-order valence-electron chi connectivity index (χ3n) is 3.51. The average Bonchev–Trinajstić information content (AvgIpc) is 3.00. The number of urea groups is 1. The Morgan fingerprint density at radius 2 is 1.92 bits per heavy atom. The Morgan fingerprint density at radius 1 is 1.16 bits per heavy atom. The van der Waals surface area contributed by atoms with E-state index in [1.807, 2.05) is 14.1 Å². The first-order valence-corrected chi connectivity index (χ1v) is 8.10. The van der Waals surface area contributed by atoms with Gasteiger partial charge in [-0.25, -0.2) is 9.69 Å². The largest absolute Gasteiger partial charge is 0.441 e. The average molecular weight is 404 g/mol. The van der Waals surface area contributed by atoms with Gasteiger partial charge in [0.25, 0.3) is 11.8 Å². The summed E-state index contributed by atoms with van der Waals surface area (Å²) < 4.78 is 6.24. The number of nitrogens with one attached hydrogen (secondary N) is 1. The van der Waals surface area contributed by atoms with Gasteiger partial charge in [0.15, 0.2) is 5.88 Å². The summed E-state index contributed by atoms with van der Waals surface area (Å²) in [6.45, 7) is 0. The van der Waals surface area contributed by atoms with Gasteiger partial charge in [-0.2, -0.15) is 0 Å². The highest BCUT2D eigenvalue weighted by atomic mass is 79.9. The van der Waals surface area contributed by atoms with Crippen LogP contribution in [0.2, 0.25) is 0 Å². The quantitative estimate of drug-likeness (QED) is 0.629. The minimum atomic E-state index is -0.793. The molecule has 7 nitrogen and oxygen atoms in total. The second-order valence-electron chi connectivity index (χ2n) is 5.51. The number of hydrogen-bond acceptors (Lipinski definition) is 5. The van der Waals surface area contributed by atoms with Crippen LogP contribution in [0.5, 0.6) is 0 Å². The van der Waals surface area contributed by atoms with Crippen LogP contribution in [0.3, 0.4) is 0 Å². The number of nitrogens with zero attached hydrogens (tertiary/aromatic N) is 2. The molecule has 1 saturated heterocycles. The fourth-order valence-electron chi connectivity index (χ4n) is 2.31. The molecule has 0 radical (unpaired) electrons. The third kappa shape index (κ3) is 3.34. The van der Waals surface area contributed by atoms with Crippen molar-refractivity contribution >= 4 is 51.4 Å². The summed E-state index contributed by atoms with van der Waals surface area (Å²) in [5.41, 5.74) is 0.169. The van der Waals surface area contributed by atoms with Crippen LogP contribution in [0, 0.1) is 0 Å². The van der Waals surface area contributed by atoms with Crippen molar-refractivity contribution in [2.24, 2.45) is 0 Å². The molecule has 0 spiro atoms. The lowest BCUT2D eigenvalue weighted by Gasteiger charge is -2.26. The molecule has 8 heteroatoms. The Morgan fingerprint density at radius 3 is 2.56 bits per heavy atom. The summed E-state index contributed by atoms with van der Waals surface area (Å²) in [4.78, 5) is 39.6. The molecule has 0 bridgehead atoms. The van der Waals surface area contributed by atoms with Gasteiger partial charge < -0.3 is 9.32 Å². The molecule has 3 rings (SSSR count). The summed E-state index contributed by atoms with van der Waals surface area (Å²) in [5.74, 6) is -0.556. The molecule has 1 aliphatic heterocycles. The lowest BCUT2D eigenvalue weighted by molar-refractivity contribution is -0.122. The Kier molecular flexibility index (Phi) is 4.45. The zero-order valence-electron chi connectivity index (χ0n) is 13.4. The number of furan rings is 1. The number of hydrogen-bond donors (Lipinski definition) is 1. The smallest absolute Gasteiger partial charge is 0.335 e. The van der Waals surface area contributed by atoms with Gasteiger partial charge in [-0.15, -0.1) is 0 Å². The molecule has 2 aromatic rings. The van der Waals surface area contributed by atoms with E-state index in [0.29, 0.717) is 21.8 Å². The number of anilines is 2. The summed E-state index contributed by atoms with van der Waals surface area (Å²) in [5, 5.41) is 2.17. The highest BCUT2D eigenvalue weighted by molar-refractivity contribution is 9.10. The van der Waals surface area contributed by atoms with Crippen molar-refractivity contribution in [1.29, 1.82) is 0 Å². The first-order chi connectivity index (χ1) is 11.9. The van der Waals surface area contributed by atoms with Gasteiger partial charge >= 0.3 is 6.03 Å². The molecule has 1 N–H and O–H groups in total. The van der Waals surface area contributed by atoms with Crippen molar-refractivity contribution in [2.45, 2.75) is 0 Å².